The number of nitrogens with one attached hydrogen (secondary N) is 1. The van der Waals surface area contributed by atoms with Crippen molar-refractivity contribution in [3.05, 3.63) is 138 Å². The van der Waals surface area contributed by atoms with Crippen LogP contribution in [0.15, 0.2) is 121 Å². The molecule has 0 bridgehead atoms. The molecule has 1 aliphatic heterocycles. The molecule has 43 heavy (non-hydrogen) atoms. The van der Waals surface area contributed by atoms with E-state index in [9.17, 15) is 9.90 Å². The van der Waals surface area contributed by atoms with E-state index in [1.165, 1.54) is 11.0 Å². The van der Waals surface area contributed by atoms with Crippen LogP contribution in [0.1, 0.15) is 41.6 Å². The van der Waals surface area contributed by atoms with Crippen LogP contribution in [0.2, 0.25) is 0 Å². The number of carbonyl (C=O) groups excluding carboxylic acids is 1. The maximum atomic E-state index is 11.9. The van der Waals surface area contributed by atoms with Crippen LogP contribution >= 0.6 is 11.8 Å². The Morgan fingerprint density at radius 3 is 2.40 bits per heavy atom. The van der Waals surface area contributed by atoms with E-state index < -0.39 is 12.4 Å². The number of thioether (sulfide) groups is 1. The summed E-state index contributed by atoms with van der Waals surface area (Å²) in [6, 6.07) is 34.6. The Hall–Kier alpha value is -3.88. The lowest BCUT2D eigenvalue weighted by molar-refractivity contribution is -0.268. The molecule has 0 saturated carbocycles. The Bertz CT molecular complexity index is 1490. The molecule has 4 atom stereocenters. The van der Waals surface area contributed by atoms with Crippen molar-refractivity contribution in [1.29, 1.82) is 0 Å². The molecule has 222 valence electrons. The SMILES string of the molecule is C=CCOC(=O)NCc1cccc(-c2cccc([C@H]3O[C@@H](CSc4ccccc4)[C@@H](C)[C@@H](c4ccc(CO)cc4)O3)c2)c1. The summed E-state index contributed by atoms with van der Waals surface area (Å²) >= 11 is 1.79. The highest BCUT2D eigenvalue weighted by molar-refractivity contribution is 7.99. The largest absolute Gasteiger partial charge is 0.445 e. The van der Waals surface area contributed by atoms with Gasteiger partial charge < -0.3 is 24.6 Å². The van der Waals surface area contributed by atoms with Crippen LogP contribution in [-0.2, 0) is 27.4 Å². The first-order chi connectivity index (χ1) is 21.0. The maximum Gasteiger partial charge on any atom is 0.407 e. The van der Waals surface area contributed by atoms with Gasteiger partial charge in [-0.1, -0.05) is 98.4 Å². The third-order valence-electron chi connectivity index (χ3n) is 7.47. The summed E-state index contributed by atoms with van der Waals surface area (Å²) in [4.78, 5) is 13.1. The third-order valence-corrected chi connectivity index (χ3v) is 8.57. The number of aliphatic hydroxyl groups is 1. The summed E-state index contributed by atoms with van der Waals surface area (Å²) in [5.74, 6) is 0.901. The smallest absolute Gasteiger partial charge is 0.407 e. The number of hydrogen-bond donors (Lipinski definition) is 2. The van der Waals surface area contributed by atoms with Gasteiger partial charge in [-0.3, -0.25) is 0 Å². The third kappa shape index (κ3) is 8.15. The number of amides is 1. The van der Waals surface area contributed by atoms with Crippen LogP contribution in [0, 0.1) is 5.92 Å². The molecule has 7 heteroatoms. The number of rotatable bonds is 11. The minimum atomic E-state index is -0.551. The van der Waals surface area contributed by atoms with Gasteiger partial charge >= 0.3 is 6.09 Å². The predicted molar refractivity (Wildman–Crippen MR) is 170 cm³/mol. The van der Waals surface area contributed by atoms with E-state index in [0.29, 0.717) is 6.54 Å². The molecule has 4 aromatic carbocycles. The van der Waals surface area contributed by atoms with Gasteiger partial charge in [0.15, 0.2) is 6.29 Å². The van der Waals surface area contributed by atoms with Gasteiger partial charge in [-0.05, 0) is 52.1 Å². The molecule has 1 heterocycles. The molecule has 2 N–H and O–H groups in total. The molecule has 0 unspecified atom stereocenters. The molecule has 1 aliphatic rings. The van der Waals surface area contributed by atoms with Crippen molar-refractivity contribution in [3.8, 4) is 11.1 Å². The van der Waals surface area contributed by atoms with Gasteiger partial charge in [0.1, 0.15) is 6.61 Å². The average Bonchev–Trinajstić information content (AvgIpc) is 3.06. The Morgan fingerprint density at radius 2 is 1.65 bits per heavy atom. The molecule has 0 aliphatic carbocycles. The van der Waals surface area contributed by atoms with E-state index in [0.717, 1.165) is 39.1 Å². The maximum absolute atomic E-state index is 11.9. The van der Waals surface area contributed by atoms with E-state index in [1.807, 2.05) is 60.7 Å². The molecular formula is C36H37NO5S. The summed E-state index contributed by atoms with van der Waals surface area (Å²) in [6.45, 7) is 6.27. The zero-order valence-electron chi connectivity index (χ0n) is 24.2. The molecule has 4 aromatic rings. The standard InChI is InChI=1S/C36H37NO5S/c1-3-19-40-36(39)37-22-27-9-7-10-29(20-27)30-11-8-12-31(21-30)35-41-33(24-43-32-13-5-4-6-14-32)25(2)34(42-35)28-17-15-26(23-38)16-18-28/h3-18,20-21,25,33-35,38H,1,19,22-24H2,2H3,(H,37,39)/t25-,33+,34+,35+/m1/s1. The number of ether oxygens (including phenoxy) is 3. The molecule has 5 rings (SSSR count). The molecule has 0 spiro atoms. The molecule has 0 aromatic heterocycles. The van der Waals surface area contributed by atoms with Crippen LogP contribution in [0.25, 0.3) is 11.1 Å². The van der Waals surface area contributed by atoms with Crippen molar-refractivity contribution in [3.63, 3.8) is 0 Å². The first-order valence-electron chi connectivity index (χ1n) is 14.4. The summed E-state index contributed by atoms with van der Waals surface area (Å²) in [6.07, 6.45) is 0.280. The Morgan fingerprint density at radius 1 is 0.907 bits per heavy atom. The number of hydrogen-bond acceptors (Lipinski definition) is 6. The van der Waals surface area contributed by atoms with Crippen LogP contribution in [-0.4, -0.2) is 29.7 Å². The molecule has 1 fully saturated rings. The van der Waals surface area contributed by atoms with Gasteiger partial charge in [-0.15, -0.1) is 11.8 Å². The monoisotopic (exact) mass is 595 g/mol. The van der Waals surface area contributed by atoms with Crippen LogP contribution in [0.5, 0.6) is 0 Å². The van der Waals surface area contributed by atoms with Crippen molar-refractivity contribution < 1.29 is 24.1 Å². The van der Waals surface area contributed by atoms with Gasteiger partial charge in [0.2, 0.25) is 0 Å². The summed E-state index contributed by atoms with van der Waals surface area (Å²) in [5.41, 5.74) is 5.88. The average molecular weight is 596 g/mol. The van der Waals surface area contributed by atoms with Gasteiger partial charge in [0, 0.05) is 28.7 Å². The lowest BCUT2D eigenvalue weighted by atomic mass is 9.91. The molecule has 1 saturated heterocycles. The van der Waals surface area contributed by atoms with Crippen LogP contribution in [0.3, 0.4) is 0 Å². The second-order valence-electron chi connectivity index (χ2n) is 10.5. The van der Waals surface area contributed by atoms with Gasteiger partial charge in [0.05, 0.1) is 18.8 Å². The fourth-order valence-corrected chi connectivity index (χ4v) is 6.18. The zero-order valence-corrected chi connectivity index (χ0v) is 25.0. The quantitative estimate of drug-likeness (QED) is 0.136. The summed E-state index contributed by atoms with van der Waals surface area (Å²) < 4.78 is 18.4. The summed E-state index contributed by atoms with van der Waals surface area (Å²) in [5, 5.41) is 12.3. The number of benzene rings is 4. The lowest BCUT2D eigenvalue weighted by Gasteiger charge is -2.41. The van der Waals surface area contributed by atoms with Crippen molar-refractivity contribution in [2.45, 2.75) is 43.5 Å². The minimum Gasteiger partial charge on any atom is -0.445 e. The second kappa shape index (κ2) is 15.0. The van der Waals surface area contributed by atoms with Gasteiger partial charge in [-0.25, -0.2) is 4.79 Å². The Balaban J connectivity index is 1.37. The van der Waals surface area contributed by atoms with Gasteiger partial charge in [-0.2, -0.15) is 0 Å². The number of alkyl carbamates (subject to hydrolysis) is 1. The topological polar surface area (TPSA) is 77.0 Å². The highest BCUT2D eigenvalue weighted by atomic mass is 32.2. The van der Waals surface area contributed by atoms with Crippen molar-refractivity contribution in [2.24, 2.45) is 5.92 Å². The molecule has 1 amide bonds. The van der Waals surface area contributed by atoms with Gasteiger partial charge in [0.25, 0.3) is 0 Å². The fraction of sp³-hybridized carbons (Fsp3) is 0.250. The number of carbonyl (C=O) groups is 1. The normalized spacial score (nSPS) is 19.9. The summed E-state index contributed by atoms with van der Waals surface area (Å²) in [7, 11) is 0. The molecular weight excluding hydrogens is 558 g/mol. The first-order valence-corrected chi connectivity index (χ1v) is 15.4. The van der Waals surface area contributed by atoms with E-state index in [2.05, 4.69) is 61.3 Å². The highest BCUT2D eigenvalue weighted by Gasteiger charge is 2.38. The highest BCUT2D eigenvalue weighted by Crippen LogP contribution is 2.43. The van der Waals surface area contributed by atoms with Crippen molar-refractivity contribution >= 4 is 17.9 Å². The van der Waals surface area contributed by atoms with Crippen molar-refractivity contribution in [2.75, 3.05) is 12.4 Å². The minimum absolute atomic E-state index is 0.00683. The second-order valence-corrected chi connectivity index (χ2v) is 11.6. The molecule has 6 nitrogen and oxygen atoms in total. The van der Waals surface area contributed by atoms with Crippen molar-refractivity contribution in [1.82, 2.24) is 5.32 Å². The van der Waals surface area contributed by atoms with E-state index in [4.69, 9.17) is 14.2 Å². The van der Waals surface area contributed by atoms with Crippen LogP contribution < -0.4 is 5.32 Å². The zero-order chi connectivity index (χ0) is 30.0. The molecule has 0 radical (unpaired) electrons. The first kappa shape index (κ1) is 30.6. The Labute approximate surface area is 257 Å². The van der Waals surface area contributed by atoms with Crippen LogP contribution in [0.4, 0.5) is 4.79 Å². The van der Waals surface area contributed by atoms with E-state index >= 15 is 0 Å². The Kier molecular flexibility index (Phi) is 10.7. The fourth-order valence-electron chi connectivity index (χ4n) is 5.09. The predicted octanol–water partition coefficient (Wildman–Crippen LogP) is 7.84. The van der Waals surface area contributed by atoms with E-state index in [1.54, 1.807) is 11.8 Å². The number of aliphatic hydroxyl groups excluding tert-OH is 1. The van der Waals surface area contributed by atoms with E-state index in [-0.39, 0.29) is 31.3 Å². The lowest BCUT2D eigenvalue weighted by Crippen LogP contribution is -2.38.